The van der Waals surface area contributed by atoms with E-state index in [0.717, 1.165) is 81.2 Å². The lowest BCUT2D eigenvalue weighted by Gasteiger charge is -2.39. The number of piperidine rings is 1. The van der Waals surface area contributed by atoms with Crippen LogP contribution in [0.3, 0.4) is 0 Å². The van der Waals surface area contributed by atoms with E-state index in [-0.39, 0.29) is 17.5 Å². The molecule has 2 aromatic rings. The molecule has 0 atom stereocenters. The molecule has 3 amide bonds. The van der Waals surface area contributed by atoms with E-state index in [1.54, 1.807) is 0 Å². The van der Waals surface area contributed by atoms with E-state index < -0.39 is 0 Å². The van der Waals surface area contributed by atoms with Gasteiger partial charge in [0.15, 0.2) is 0 Å². The minimum absolute atomic E-state index is 0.0450. The molecule has 6 heteroatoms. The van der Waals surface area contributed by atoms with Crippen molar-refractivity contribution in [3.8, 4) is 0 Å². The zero-order chi connectivity index (χ0) is 21.7. The van der Waals surface area contributed by atoms with Crippen LogP contribution < -0.4 is 5.32 Å². The molecular weight excluding hydrogens is 390 g/mol. The van der Waals surface area contributed by atoms with Gasteiger partial charge in [0.1, 0.15) is 0 Å². The van der Waals surface area contributed by atoms with Crippen LogP contribution in [-0.4, -0.2) is 54.7 Å². The van der Waals surface area contributed by atoms with Crippen LogP contribution in [0.1, 0.15) is 45.4 Å². The maximum Gasteiger partial charge on any atom is 0.409 e. The van der Waals surface area contributed by atoms with Crippen molar-refractivity contribution in [1.29, 1.82) is 0 Å². The molecule has 166 valence electrons. The summed E-state index contributed by atoms with van der Waals surface area (Å²) in [5.41, 5.74) is 0.972. The lowest BCUT2D eigenvalue weighted by Crippen LogP contribution is -2.46. The molecule has 2 aliphatic heterocycles. The molecule has 2 aliphatic rings. The molecule has 31 heavy (non-hydrogen) atoms. The van der Waals surface area contributed by atoms with Crippen molar-refractivity contribution in [2.75, 3.05) is 38.1 Å². The second kappa shape index (κ2) is 9.58. The number of carbonyl (C=O) groups is 2. The summed E-state index contributed by atoms with van der Waals surface area (Å²) in [6.07, 6.45) is 5.82. The van der Waals surface area contributed by atoms with Gasteiger partial charge in [0, 0.05) is 31.6 Å². The molecule has 2 heterocycles. The number of benzene rings is 2. The van der Waals surface area contributed by atoms with Crippen molar-refractivity contribution in [3.05, 3.63) is 42.5 Å². The van der Waals surface area contributed by atoms with Crippen molar-refractivity contribution < 1.29 is 14.3 Å². The number of rotatable bonds is 5. The molecule has 1 N–H and O–H groups in total. The van der Waals surface area contributed by atoms with Gasteiger partial charge in [0.2, 0.25) is 0 Å². The van der Waals surface area contributed by atoms with Gasteiger partial charge < -0.3 is 19.9 Å². The topological polar surface area (TPSA) is 61.9 Å². The highest BCUT2D eigenvalue weighted by atomic mass is 16.6. The monoisotopic (exact) mass is 423 g/mol. The normalized spacial score (nSPS) is 17.8. The number of ether oxygens (including phenoxy) is 1. The van der Waals surface area contributed by atoms with Gasteiger partial charge in [-0.2, -0.15) is 0 Å². The Morgan fingerprint density at radius 1 is 0.968 bits per heavy atom. The number of hydrogen-bond donors (Lipinski definition) is 1. The van der Waals surface area contributed by atoms with Crippen LogP contribution in [0.5, 0.6) is 0 Å². The average molecular weight is 424 g/mol. The first-order chi connectivity index (χ1) is 15.1. The van der Waals surface area contributed by atoms with Gasteiger partial charge in [-0.3, -0.25) is 0 Å². The number of nitrogens with zero attached hydrogens (tertiary/aromatic N) is 2. The number of amides is 3. The summed E-state index contributed by atoms with van der Waals surface area (Å²) in [7, 11) is 0. The molecule has 0 aromatic heterocycles. The lowest BCUT2D eigenvalue weighted by molar-refractivity contribution is 0.0933. The standard InChI is InChI=1S/C25H33N3O3/c1-2-3-6-18-31-24(30)28-17-14-25(19-28)12-15-27(16-13-25)23(29)26-22-11-7-9-20-8-4-5-10-21(20)22/h4-5,7-11H,2-3,6,12-19H2,1H3,(H,26,29). The fourth-order valence-corrected chi connectivity index (χ4v) is 4.81. The van der Waals surface area contributed by atoms with Gasteiger partial charge in [-0.05, 0) is 42.6 Å². The number of unbranched alkanes of at least 4 members (excludes halogenated alkanes) is 2. The first kappa shape index (κ1) is 21.5. The Morgan fingerprint density at radius 2 is 1.68 bits per heavy atom. The molecule has 0 unspecified atom stereocenters. The van der Waals surface area contributed by atoms with E-state index in [1.807, 2.05) is 40.1 Å². The van der Waals surface area contributed by atoms with E-state index in [2.05, 4.69) is 24.4 Å². The Hall–Kier alpha value is -2.76. The molecule has 2 saturated heterocycles. The fourth-order valence-electron chi connectivity index (χ4n) is 4.81. The zero-order valence-electron chi connectivity index (χ0n) is 18.4. The highest BCUT2D eigenvalue weighted by Crippen LogP contribution is 2.40. The summed E-state index contributed by atoms with van der Waals surface area (Å²) >= 11 is 0. The van der Waals surface area contributed by atoms with Crippen LogP contribution in [0.2, 0.25) is 0 Å². The number of hydrogen-bond acceptors (Lipinski definition) is 3. The maximum absolute atomic E-state index is 12.9. The Bertz CT molecular complexity index is 916. The number of fused-ring (bicyclic) bond motifs is 1. The second-order valence-corrected chi connectivity index (χ2v) is 8.94. The number of nitrogens with one attached hydrogen (secondary N) is 1. The number of carbonyl (C=O) groups excluding carboxylic acids is 2. The summed E-state index contributed by atoms with van der Waals surface area (Å²) in [4.78, 5) is 29.0. The van der Waals surface area contributed by atoms with Crippen LogP contribution >= 0.6 is 0 Å². The average Bonchev–Trinajstić information content (AvgIpc) is 3.21. The van der Waals surface area contributed by atoms with E-state index in [4.69, 9.17) is 4.74 Å². The fraction of sp³-hybridized carbons (Fsp3) is 0.520. The van der Waals surface area contributed by atoms with E-state index in [0.29, 0.717) is 6.61 Å². The zero-order valence-corrected chi connectivity index (χ0v) is 18.4. The number of likely N-dealkylation sites (tertiary alicyclic amines) is 2. The highest BCUT2D eigenvalue weighted by molar-refractivity contribution is 6.01. The molecule has 0 bridgehead atoms. The van der Waals surface area contributed by atoms with E-state index in [9.17, 15) is 9.59 Å². The summed E-state index contributed by atoms with van der Waals surface area (Å²) in [6, 6.07) is 14.0. The Morgan fingerprint density at radius 3 is 2.45 bits per heavy atom. The van der Waals surface area contributed by atoms with E-state index >= 15 is 0 Å². The molecule has 2 fully saturated rings. The summed E-state index contributed by atoms with van der Waals surface area (Å²) in [5.74, 6) is 0. The molecule has 6 nitrogen and oxygen atoms in total. The third-order valence-electron chi connectivity index (χ3n) is 6.81. The Labute approximate surface area is 184 Å². The van der Waals surface area contributed by atoms with Crippen LogP contribution in [-0.2, 0) is 4.74 Å². The van der Waals surface area contributed by atoms with Gasteiger partial charge in [0.05, 0.1) is 12.3 Å². The van der Waals surface area contributed by atoms with Crippen LogP contribution in [0, 0.1) is 5.41 Å². The van der Waals surface area contributed by atoms with Crippen LogP contribution in [0.15, 0.2) is 42.5 Å². The van der Waals surface area contributed by atoms with Crippen LogP contribution in [0.25, 0.3) is 10.8 Å². The van der Waals surface area contributed by atoms with Crippen molar-refractivity contribution in [3.63, 3.8) is 0 Å². The minimum Gasteiger partial charge on any atom is -0.449 e. The third-order valence-corrected chi connectivity index (χ3v) is 6.81. The molecular formula is C25H33N3O3. The summed E-state index contributed by atoms with van der Waals surface area (Å²) in [6.45, 7) is 5.60. The SMILES string of the molecule is CCCCCOC(=O)N1CCC2(CCN(C(=O)Nc3cccc4ccccc34)CC2)C1. The van der Waals surface area contributed by atoms with Gasteiger partial charge >= 0.3 is 12.1 Å². The lowest BCUT2D eigenvalue weighted by atomic mass is 9.78. The first-order valence-electron chi connectivity index (χ1n) is 11.6. The molecule has 2 aromatic carbocycles. The maximum atomic E-state index is 12.9. The number of anilines is 1. The first-order valence-corrected chi connectivity index (χ1v) is 11.6. The Balaban J connectivity index is 1.28. The van der Waals surface area contributed by atoms with Gasteiger partial charge in [-0.1, -0.05) is 56.2 Å². The van der Waals surface area contributed by atoms with Gasteiger partial charge in [-0.25, -0.2) is 9.59 Å². The highest BCUT2D eigenvalue weighted by Gasteiger charge is 2.43. The van der Waals surface area contributed by atoms with Crippen molar-refractivity contribution in [1.82, 2.24) is 9.80 Å². The predicted molar refractivity (Wildman–Crippen MR) is 123 cm³/mol. The molecule has 4 rings (SSSR count). The molecule has 0 saturated carbocycles. The van der Waals surface area contributed by atoms with Gasteiger partial charge in [-0.15, -0.1) is 0 Å². The van der Waals surface area contributed by atoms with Crippen molar-refractivity contribution in [2.24, 2.45) is 5.41 Å². The van der Waals surface area contributed by atoms with Crippen molar-refractivity contribution in [2.45, 2.75) is 45.4 Å². The largest absolute Gasteiger partial charge is 0.449 e. The Kier molecular flexibility index (Phi) is 6.64. The second-order valence-electron chi connectivity index (χ2n) is 8.94. The molecule has 0 aliphatic carbocycles. The third kappa shape index (κ3) is 4.94. The summed E-state index contributed by atoms with van der Waals surface area (Å²) in [5, 5.41) is 5.26. The smallest absolute Gasteiger partial charge is 0.409 e. The predicted octanol–water partition coefficient (Wildman–Crippen LogP) is 5.49. The van der Waals surface area contributed by atoms with Gasteiger partial charge in [0.25, 0.3) is 0 Å². The van der Waals surface area contributed by atoms with Crippen molar-refractivity contribution >= 4 is 28.6 Å². The van der Waals surface area contributed by atoms with Crippen LogP contribution in [0.4, 0.5) is 15.3 Å². The molecule has 0 radical (unpaired) electrons. The number of urea groups is 1. The summed E-state index contributed by atoms with van der Waals surface area (Å²) < 4.78 is 5.44. The van der Waals surface area contributed by atoms with E-state index in [1.165, 1.54) is 0 Å². The molecule has 1 spiro atoms. The minimum atomic E-state index is -0.177. The quantitative estimate of drug-likeness (QED) is 0.647.